The quantitative estimate of drug-likeness (QED) is 0.483. The van der Waals surface area contributed by atoms with Crippen LogP contribution >= 0.6 is 11.3 Å². The SMILES string of the molecule is Cc1ccc2c(Cn3cnc4sc5c(c4c3=O)CC[C@@H](C)C5)cc(=O)oc2c1. The van der Waals surface area contributed by atoms with Gasteiger partial charge in [-0.3, -0.25) is 9.36 Å². The molecule has 3 aromatic heterocycles. The van der Waals surface area contributed by atoms with E-state index in [1.807, 2.05) is 25.1 Å². The zero-order valence-electron chi connectivity index (χ0n) is 15.8. The Kier molecular flexibility index (Phi) is 3.98. The van der Waals surface area contributed by atoms with Crippen LogP contribution in [0.1, 0.15) is 34.9 Å². The normalized spacial score (nSPS) is 16.6. The molecule has 6 heteroatoms. The molecule has 1 aliphatic rings. The number of aromatic nitrogens is 2. The van der Waals surface area contributed by atoms with E-state index in [1.165, 1.54) is 16.5 Å². The van der Waals surface area contributed by atoms with Crippen LogP contribution in [0.15, 0.2) is 44.6 Å². The zero-order chi connectivity index (χ0) is 19.4. The molecule has 1 aliphatic carbocycles. The fourth-order valence-electron chi connectivity index (χ4n) is 4.13. The van der Waals surface area contributed by atoms with Gasteiger partial charge in [0.25, 0.3) is 5.56 Å². The number of benzene rings is 1. The van der Waals surface area contributed by atoms with Crippen molar-refractivity contribution < 1.29 is 4.42 Å². The van der Waals surface area contributed by atoms with E-state index in [2.05, 4.69) is 11.9 Å². The summed E-state index contributed by atoms with van der Waals surface area (Å²) in [5.74, 6) is 0.654. The average molecular weight is 392 g/mol. The summed E-state index contributed by atoms with van der Waals surface area (Å²) in [7, 11) is 0. The van der Waals surface area contributed by atoms with Gasteiger partial charge in [-0.25, -0.2) is 9.78 Å². The van der Waals surface area contributed by atoms with Crippen molar-refractivity contribution in [2.24, 2.45) is 5.92 Å². The van der Waals surface area contributed by atoms with Crippen molar-refractivity contribution in [3.63, 3.8) is 0 Å². The maximum absolute atomic E-state index is 13.3. The van der Waals surface area contributed by atoms with Gasteiger partial charge in [-0.2, -0.15) is 0 Å². The fraction of sp³-hybridized carbons (Fsp3) is 0.318. The number of nitrogens with zero attached hydrogens (tertiary/aromatic N) is 2. The van der Waals surface area contributed by atoms with Gasteiger partial charge < -0.3 is 4.42 Å². The van der Waals surface area contributed by atoms with E-state index in [-0.39, 0.29) is 5.56 Å². The maximum Gasteiger partial charge on any atom is 0.336 e. The van der Waals surface area contributed by atoms with Gasteiger partial charge in [0, 0.05) is 16.3 Å². The van der Waals surface area contributed by atoms with E-state index >= 15 is 0 Å². The summed E-state index contributed by atoms with van der Waals surface area (Å²) in [4.78, 5) is 32.0. The predicted octanol–water partition coefficient (Wildman–Crippen LogP) is 4.05. The third-order valence-corrected chi connectivity index (χ3v) is 6.77. The lowest BCUT2D eigenvalue weighted by atomic mass is 9.89. The molecule has 3 heterocycles. The second kappa shape index (κ2) is 6.41. The van der Waals surface area contributed by atoms with Crippen molar-refractivity contribution >= 4 is 32.5 Å². The van der Waals surface area contributed by atoms with Crippen LogP contribution in [-0.2, 0) is 19.4 Å². The van der Waals surface area contributed by atoms with Crippen LogP contribution in [-0.4, -0.2) is 9.55 Å². The largest absolute Gasteiger partial charge is 0.423 e. The zero-order valence-corrected chi connectivity index (χ0v) is 16.6. The lowest BCUT2D eigenvalue weighted by molar-refractivity contribution is 0.509. The van der Waals surface area contributed by atoms with Crippen molar-refractivity contribution in [1.29, 1.82) is 0 Å². The molecular formula is C22H20N2O3S. The summed E-state index contributed by atoms with van der Waals surface area (Å²) in [5, 5.41) is 1.61. The Morgan fingerprint density at radius 1 is 1.29 bits per heavy atom. The Morgan fingerprint density at radius 2 is 2.14 bits per heavy atom. The molecule has 4 aromatic rings. The lowest BCUT2D eigenvalue weighted by Gasteiger charge is -2.17. The summed E-state index contributed by atoms with van der Waals surface area (Å²) in [6, 6.07) is 7.24. The highest BCUT2D eigenvalue weighted by Crippen LogP contribution is 2.35. The molecule has 0 radical (unpaired) electrons. The van der Waals surface area contributed by atoms with Gasteiger partial charge in [-0.15, -0.1) is 11.3 Å². The number of fused-ring (bicyclic) bond motifs is 4. The Balaban J connectivity index is 1.65. The molecule has 0 spiro atoms. The molecule has 5 nitrogen and oxygen atoms in total. The molecule has 1 aromatic carbocycles. The molecule has 0 amide bonds. The van der Waals surface area contributed by atoms with Crippen LogP contribution in [0, 0.1) is 12.8 Å². The minimum absolute atomic E-state index is 0.0226. The number of hydrogen-bond acceptors (Lipinski definition) is 5. The maximum atomic E-state index is 13.3. The molecule has 0 N–H and O–H groups in total. The Hall–Kier alpha value is -2.73. The van der Waals surface area contributed by atoms with Crippen molar-refractivity contribution in [2.45, 2.75) is 39.7 Å². The van der Waals surface area contributed by atoms with Gasteiger partial charge in [0.1, 0.15) is 10.4 Å². The minimum atomic E-state index is -0.405. The molecule has 0 bridgehead atoms. The smallest absolute Gasteiger partial charge is 0.336 e. The van der Waals surface area contributed by atoms with Gasteiger partial charge in [0.2, 0.25) is 0 Å². The number of hydrogen-bond donors (Lipinski definition) is 0. The number of aryl methyl sites for hydroxylation is 2. The number of rotatable bonds is 2. The van der Waals surface area contributed by atoms with E-state index in [0.29, 0.717) is 18.0 Å². The van der Waals surface area contributed by atoms with E-state index in [1.54, 1.807) is 22.2 Å². The molecule has 5 rings (SSSR count). The van der Waals surface area contributed by atoms with E-state index in [9.17, 15) is 9.59 Å². The first-order chi connectivity index (χ1) is 13.5. The molecule has 0 saturated heterocycles. The Labute approximate surface area is 165 Å². The Bertz CT molecular complexity index is 1350. The second-order valence-electron chi connectivity index (χ2n) is 7.80. The molecule has 142 valence electrons. The van der Waals surface area contributed by atoms with E-state index in [0.717, 1.165) is 46.0 Å². The van der Waals surface area contributed by atoms with Crippen LogP contribution in [0.3, 0.4) is 0 Å². The van der Waals surface area contributed by atoms with Gasteiger partial charge in [-0.05, 0) is 54.9 Å². The van der Waals surface area contributed by atoms with Crippen molar-refractivity contribution in [1.82, 2.24) is 9.55 Å². The summed E-state index contributed by atoms with van der Waals surface area (Å²) >= 11 is 1.65. The summed E-state index contributed by atoms with van der Waals surface area (Å²) < 4.78 is 6.95. The standard InChI is InChI=1S/C22H20N2O3S/c1-12-3-5-15-14(9-19(25)27-17(15)7-12)10-24-11-23-21-20(22(24)26)16-6-4-13(2)8-18(16)28-21/h3,5,7,9,11,13H,4,6,8,10H2,1-2H3/t13-/m1/s1. The summed E-state index contributed by atoms with van der Waals surface area (Å²) in [5.41, 5.74) is 3.09. The van der Waals surface area contributed by atoms with Gasteiger partial charge >= 0.3 is 5.63 Å². The highest BCUT2D eigenvalue weighted by molar-refractivity contribution is 7.18. The van der Waals surface area contributed by atoms with Crippen LogP contribution in [0.4, 0.5) is 0 Å². The molecule has 1 atom stereocenters. The van der Waals surface area contributed by atoms with Crippen LogP contribution < -0.4 is 11.2 Å². The van der Waals surface area contributed by atoms with Crippen LogP contribution in [0.25, 0.3) is 21.2 Å². The first-order valence-corrected chi connectivity index (χ1v) is 10.3. The average Bonchev–Trinajstić information content (AvgIpc) is 3.01. The lowest BCUT2D eigenvalue weighted by Crippen LogP contribution is -2.22. The van der Waals surface area contributed by atoms with Crippen molar-refractivity contribution in [3.8, 4) is 0 Å². The molecule has 0 saturated carbocycles. The first-order valence-electron chi connectivity index (χ1n) is 9.52. The van der Waals surface area contributed by atoms with Crippen LogP contribution in [0.5, 0.6) is 0 Å². The summed E-state index contributed by atoms with van der Waals surface area (Å²) in [6.07, 6.45) is 4.68. The third kappa shape index (κ3) is 2.79. The minimum Gasteiger partial charge on any atom is -0.423 e. The topological polar surface area (TPSA) is 65.1 Å². The molecule has 28 heavy (non-hydrogen) atoms. The Morgan fingerprint density at radius 3 is 3.00 bits per heavy atom. The molecule has 0 fully saturated rings. The predicted molar refractivity (Wildman–Crippen MR) is 111 cm³/mol. The van der Waals surface area contributed by atoms with E-state index in [4.69, 9.17) is 4.42 Å². The summed E-state index contributed by atoms with van der Waals surface area (Å²) in [6.45, 7) is 4.51. The van der Waals surface area contributed by atoms with E-state index < -0.39 is 5.63 Å². The van der Waals surface area contributed by atoms with Crippen molar-refractivity contribution in [3.05, 3.63) is 72.9 Å². The van der Waals surface area contributed by atoms with Crippen molar-refractivity contribution in [2.75, 3.05) is 0 Å². The van der Waals surface area contributed by atoms with Gasteiger partial charge in [0.15, 0.2) is 0 Å². The van der Waals surface area contributed by atoms with Crippen LogP contribution in [0.2, 0.25) is 0 Å². The van der Waals surface area contributed by atoms with Gasteiger partial charge in [0.05, 0.1) is 18.3 Å². The monoisotopic (exact) mass is 392 g/mol. The number of thiophene rings is 1. The fourth-order valence-corrected chi connectivity index (χ4v) is 5.47. The van der Waals surface area contributed by atoms with Gasteiger partial charge in [-0.1, -0.05) is 19.1 Å². The molecule has 0 aliphatic heterocycles. The highest BCUT2D eigenvalue weighted by atomic mass is 32.1. The molecule has 0 unspecified atom stereocenters. The second-order valence-corrected chi connectivity index (χ2v) is 8.88. The third-order valence-electron chi connectivity index (χ3n) is 5.61. The highest BCUT2D eigenvalue weighted by Gasteiger charge is 2.23. The molecular weight excluding hydrogens is 372 g/mol. The first kappa shape index (κ1) is 17.4.